The molecule has 3 rings (SSSR count). The van der Waals surface area contributed by atoms with Crippen LogP contribution in [0.3, 0.4) is 0 Å². The van der Waals surface area contributed by atoms with Crippen molar-refractivity contribution in [1.82, 2.24) is 10.2 Å². The number of carbonyl (C=O) groups is 2. The van der Waals surface area contributed by atoms with Gasteiger partial charge in [-0.25, -0.2) is 4.39 Å². The van der Waals surface area contributed by atoms with Gasteiger partial charge < -0.3 is 15.0 Å². The maximum atomic E-state index is 13.6. The summed E-state index contributed by atoms with van der Waals surface area (Å²) in [7, 11) is 0. The molecule has 3 aromatic rings. The van der Waals surface area contributed by atoms with Crippen LogP contribution in [0.2, 0.25) is 0 Å². The van der Waals surface area contributed by atoms with Crippen LogP contribution in [0.15, 0.2) is 77.3 Å². The number of carbonyl (C=O) groups excluding carboxylic acids is 2. The summed E-state index contributed by atoms with van der Waals surface area (Å²) in [5.41, 5.74) is 2.75. The van der Waals surface area contributed by atoms with Crippen LogP contribution in [0.4, 0.5) is 4.39 Å². The number of ether oxygens (including phenoxy) is 1. The van der Waals surface area contributed by atoms with E-state index in [9.17, 15) is 14.0 Å². The molecule has 0 aliphatic heterocycles. The number of hydrogen-bond donors (Lipinski definition) is 1. The first-order valence-electron chi connectivity index (χ1n) is 12.4. The number of benzene rings is 3. The molecule has 0 aliphatic rings. The van der Waals surface area contributed by atoms with E-state index < -0.39 is 6.04 Å². The fourth-order valence-electron chi connectivity index (χ4n) is 3.94. The first-order valence-corrected chi connectivity index (χ1v) is 13.2. The molecule has 0 aromatic heterocycles. The Labute approximate surface area is 227 Å². The number of nitrogens with zero attached hydrogens (tertiary/aromatic N) is 1. The van der Waals surface area contributed by atoms with Gasteiger partial charge in [-0.05, 0) is 69.2 Å². The van der Waals surface area contributed by atoms with Crippen LogP contribution >= 0.6 is 15.9 Å². The molecule has 0 radical (unpaired) electrons. The summed E-state index contributed by atoms with van der Waals surface area (Å²) in [6.45, 7) is 8.54. The Balaban J connectivity index is 1.88. The van der Waals surface area contributed by atoms with E-state index >= 15 is 0 Å². The summed E-state index contributed by atoms with van der Waals surface area (Å²) >= 11 is 3.55. The van der Waals surface area contributed by atoms with Gasteiger partial charge in [0.25, 0.3) is 5.91 Å². The normalized spacial score (nSPS) is 12.1. The summed E-state index contributed by atoms with van der Waals surface area (Å²) < 4.78 is 20.2. The number of hydrogen-bond acceptors (Lipinski definition) is 3. The summed E-state index contributed by atoms with van der Waals surface area (Å²) in [6.07, 6.45) is 0.337. The summed E-state index contributed by atoms with van der Waals surface area (Å²) in [5.74, 6) is -0.417. The molecule has 1 N–H and O–H groups in total. The summed E-state index contributed by atoms with van der Waals surface area (Å²) in [5, 5.41) is 2.86. The van der Waals surface area contributed by atoms with Crippen LogP contribution in [-0.4, -0.2) is 35.9 Å². The number of likely N-dealkylation sites (N-methyl/N-ethyl adjacent to an activating group) is 1. The quantitative estimate of drug-likeness (QED) is 0.324. The molecule has 0 saturated heterocycles. The Hall–Kier alpha value is -3.19. The molecule has 0 heterocycles. The molecule has 37 heavy (non-hydrogen) atoms. The average Bonchev–Trinajstić information content (AvgIpc) is 2.86. The molecule has 0 unspecified atom stereocenters. The Bertz CT molecular complexity index is 1190. The highest BCUT2D eigenvalue weighted by atomic mass is 79.9. The van der Waals surface area contributed by atoms with Crippen molar-refractivity contribution in [2.75, 3.05) is 13.2 Å². The van der Waals surface area contributed by atoms with E-state index in [0.29, 0.717) is 24.3 Å². The third-order valence-corrected chi connectivity index (χ3v) is 6.66. The number of halogens is 2. The van der Waals surface area contributed by atoms with Gasteiger partial charge in [0.15, 0.2) is 6.61 Å². The van der Waals surface area contributed by atoms with Crippen LogP contribution in [0.1, 0.15) is 44.4 Å². The van der Waals surface area contributed by atoms with Crippen LogP contribution in [0.25, 0.3) is 0 Å². The van der Waals surface area contributed by atoms with Crippen LogP contribution in [0, 0.1) is 5.82 Å². The van der Waals surface area contributed by atoms with Crippen molar-refractivity contribution in [1.29, 1.82) is 0 Å². The van der Waals surface area contributed by atoms with Crippen LogP contribution in [0.5, 0.6) is 5.75 Å². The SMILES string of the molecule is CCNC(=O)[C@@H](Cc1ccccc1)N(Cc1ccc(F)cc1)C(=O)COc1ccc(C(C)(C)C)cc1Br. The Morgan fingerprint density at radius 3 is 2.27 bits per heavy atom. The topological polar surface area (TPSA) is 58.6 Å². The predicted molar refractivity (Wildman–Crippen MR) is 148 cm³/mol. The fourth-order valence-corrected chi connectivity index (χ4v) is 4.43. The van der Waals surface area contributed by atoms with Gasteiger partial charge in [0.1, 0.15) is 17.6 Å². The van der Waals surface area contributed by atoms with Crippen molar-refractivity contribution in [2.45, 2.75) is 52.1 Å². The highest BCUT2D eigenvalue weighted by Gasteiger charge is 2.30. The van der Waals surface area contributed by atoms with Crippen molar-refractivity contribution in [3.63, 3.8) is 0 Å². The smallest absolute Gasteiger partial charge is 0.261 e. The Kier molecular flexibility index (Phi) is 9.86. The summed E-state index contributed by atoms with van der Waals surface area (Å²) in [4.78, 5) is 28.3. The van der Waals surface area contributed by atoms with Crippen molar-refractivity contribution in [3.8, 4) is 5.75 Å². The number of rotatable bonds is 10. The van der Waals surface area contributed by atoms with Crippen molar-refractivity contribution in [2.24, 2.45) is 0 Å². The molecule has 3 aromatic carbocycles. The number of nitrogens with one attached hydrogen (secondary N) is 1. The maximum Gasteiger partial charge on any atom is 0.261 e. The van der Waals surface area contributed by atoms with Crippen molar-refractivity contribution < 1.29 is 18.7 Å². The molecule has 0 aliphatic carbocycles. The molecule has 196 valence electrons. The standard InChI is InChI=1S/C30H34BrFN2O3/c1-5-33-29(36)26(17-21-9-7-6-8-10-21)34(19-22-11-14-24(32)15-12-22)28(35)20-37-27-16-13-23(18-25(27)31)30(2,3)4/h6-16,18,26H,5,17,19-20H2,1-4H3,(H,33,36)/t26-/m1/s1. The average molecular weight is 570 g/mol. The van der Waals surface area contributed by atoms with Gasteiger partial charge in [-0.15, -0.1) is 0 Å². The lowest BCUT2D eigenvalue weighted by atomic mass is 9.87. The Morgan fingerprint density at radius 2 is 1.68 bits per heavy atom. The molecule has 1 atom stereocenters. The van der Waals surface area contributed by atoms with E-state index in [1.807, 2.05) is 55.5 Å². The highest BCUT2D eigenvalue weighted by Crippen LogP contribution is 2.31. The second-order valence-electron chi connectivity index (χ2n) is 9.93. The van der Waals surface area contributed by atoms with E-state index in [4.69, 9.17) is 4.74 Å². The van der Waals surface area contributed by atoms with Crippen LogP contribution < -0.4 is 10.1 Å². The van der Waals surface area contributed by atoms with Gasteiger partial charge in [-0.2, -0.15) is 0 Å². The molecular formula is C30H34BrFN2O3. The van der Waals surface area contributed by atoms with Crippen molar-refractivity contribution >= 4 is 27.7 Å². The van der Waals surface area contributed by atoms with E-state index in [1.54, 1.807) is 12.1 Å². The second-order valence-corrected chi connectivity index (χ2v) is 10.8. The minimum absolute atomic E-state index is 0.0277. The lowest BCUT2D eigenvalue weighted by molar-refractivity contribution is -0.142. The van der Waals surface area contributed by atoms with Gasteiger partial charge in [-0.3, -0.25) is 9.59 Å². The fraction of sp³-hybridized carbons (Fsp3) is 0.333. The first-order chi connectivity index (χ1) is 17.6. The third kappa shape index (κ3) is 8.15. The zero-order chi connectivity index (χ0) is 27.0. The van der Waals surface area contributed by atoms with E-state index in [-0.39, 0.29) is 36.2 Å². The van der Waals surface area contributed by atoms with Gasteiger partial charge in [0.05, 0.1) is 4.47 Å². The van der Waals surface area contributed by atoms with Crippen LogP contribution in [-0.2, 0) is 28.0 Å². The summed E-state index contributed by atoms with van der Waals surface area (Å²) in [6, 6.07) is 20.5. The zero-order valence-electron chi connectivity index (χ0n) is 21.8. The second kappa shape index (κ2) is 12.9. The minimum Gasteiger partial charge on any atom is -0.483 e. The van der Waals surface area contributed by atoms with E-state index in [1.165, 1.54) is 17.0 Å². The lowest BCUT2D eigenvalue weighted by Gasteiger charge is -2.31. The van der Waals surface area contributed by atoms with E-state index in [2.05, 4.69) is 42.0 Å². The molecule has 0 saturated carbocycles. The van der Waals surface area contributed by atoms with Gasteiger partial charge >= 0.3 is 0 Å². The van der Waals surface area contributed by atoms with Crippen molar-refractivity contribution in [3.05, 3.63) is 99.8 Å². The lowest BCUT2D eigenvalue weighted by Crippen LogP contribution is -2.51. The van der Waals surface area contributed by atoms with E-state index in [0.717, 1.165) is 15.6 Å². The minimum atomic E-state index is -0.768. The molecule has 0 bridgehead atoms. The number of amides is 2. The monoisotopic (exact) mass is 568 g/mol. The molecule has 5 nitrogen and oxygen atoms in total. The zero-order valence-corrected chi connectivity index (χ0v) is 23.3. The largest absolute Gasteiger partial charge is 0.483 e. The first kappa shape index (κ1) is 28.4. The van der Waals surface area contributed by atoms with Gasteiger partial charge in [0, 0.05) is 19.5 Å². The molecule has 7 heteroatoms. The molecule has 2 amide bonds. The predicted octanol–water partition coefficient (Wildman–Crippen LogP) is 6.04. The van der Waals surface area contributed by atoms with Gasteiger partial charge in [-0.1, -0.05) is 69.3 Å². The molecule has 0 spiro atoms. The third-order valence-electron chi connectivity index (χ3n) is 6.04. The molecular weight excluding hydrogens is 535 g/mol. The van der Waals surface area contributed by atoms with Gasteiger partial charge in [0.2, 0.25) is 5.91 Å². The molecule has 0 fully saturated rings. The highest BCUT2D eigenvalue weighted by molar-refractivity contribution is 9.10. The Morgan fingerprint density at radius 1 is 1.00 bits per heavy atom. The maximum absolute atomic E-state index is 13.6.